The van der Waals surface area contributed by atoms with Gasteiger partial charge in [-0.25, -0.2) is 0 Å². The molecule has 1 atom stereocenters. The van der Waals surface area contributed by atoms with E-state index in [1.165, 1.54) is 0 Å². The van der Waals surface area contributed by atoms with Crippen LogP contribution < -0.4 is 14.8 Å². The molecule has 4 rings (SSSR count). The minimum Gasteiger partial charge on any atom is -0.485 e. The molecule has 140 valence electrons. The fraction of sp³-hybridized carbons (Fsp3) is 0.158. The minimum absolute atomic E-state index is 0.0618. The van der Waals surface area contributed by atoms with Gasteiger partial charge in [-0.05, 0) is 24.3 Å². The second-order valence-corrected chi connectivity index (χ2v) is 6.69. The van der Waals surface area contributed by atoms with E-state index in [0.717, 1.165) is 11.8 Å². The number of hydrogen-bond donors (Lipinski definition) is 1. The first-order valence-electron chi connectivity index (χ1n) is 8.36. The number of carbonyl (C=O) groups excluding carboxylic acids is 1. The fourth-order valence-electron chi connectivity index (χ4n) is 2.55. The van der Waals surface area contributed by atoms with Gasteiger partial charge >= 0.3 is 0 Å². The second kappa shape index (κ2) is 8.02. The molecule has 1 N–H and O–H groups in total. The molecule has 28 heavy (non-hydrogen) atoms. The van der Waals surface area contributed by atoms with Crippen LogP contribution >= 0.6 is 11.8 Å². The Labute approximate surface area is 164 Å². The number of thioether (sulfide) groups is 1. The lowest BCUT2D eigenvalue weighted by Gasteiger charge is -2.23. The molecule has 0 saturated heterocycles. The summed E-state index contributed by atoms with van der Waals surface area (Å²) in [6.07, 6.45) is -0.506. The number of amides is 1. The van der Waals surface area contributed by atoms with E-state index in [4.69, 9.17) is 19.2 Å². The van der Waals surface area contributed by atoms with Gasteiger partial charge in [0.1, 0.15) is 12.7 Å². The minimum atomic E-state index is -0.506. The second-order valence-electron chi connectivity index (χ2n) is 5.76. The molecule has 2 aromatic carbocycles. The highest BCUT2D eigenvalue weighted by Gasteiger charge is 2.27. The van der Waals surface area contributed by atoms with Gasteiger partial charge in [0.25, 0.3) is 11.1 Å². The van der Waals surface area contributed by atoms with Gasteiger partial charge in [0.05, 0.1) is 17.0 Å². The van der Waals surface area contributed by atoms with Crippen LogP contribution in [0.4, 0.5) is 5.69 Å². The Hall–Kier alpha value is -3.51. The highest BCUT2D eigenvalue weighted by molar-refractivity contribution is 7.99. The number of anilines is 1. The molecular formula is C19H14N4O4S. The number of nitriles is 1. The maximum atomic E-state index is 12.1. The molecule has 0 aliphatic carbocycles. The number of fused-ring (bicyclic) bond motifs is 1. The molecule has 0 spiro atoms. The lowest BCUT2D eigenvalue weighted by atomic mass is 10.2. The predicted octanol–water partition coefficient (Wildman–Crippen LogP) is 3.18. The number of rotatable bonds is 5. The van der Waals surface area contributed by atoms with Crippen molar-refractivity contribution in [2.75, 3.05) is 17.7 Å². The third kappa shape index (κ3) is 3.92. The topological polar surface area (TPSA) is 110 Å². The zero-order chi connectivity index (χ0) is 19.3. The Balaban J connectivity index is 1.34. The molecule has 0 fully saturated rings. The molecule has 1 aliphatic rings. The Bertz CT molecular complexity index is 1050. The van der Waals surface area contributed by atoms with Crippen LogP contribution in [0.2, 0.25) is 0 Å². The van der Waals surface area contributed by atoms with Crippen molar-refractivity contribution < 1.29 is 18.7 Å². The van der Waals surface area contributed by atoms with Crippen molar-refractivity contribution in [3.63, 3.8) is 0 Å². The first kappa shape index (κ1) is 17.9. The van der Waals surface area contributed by atoms with Crippen molar-refractivity contribution in [3.05, 3.63) is 60.0 Å². The lowest BCUT2D eigenvalue weighted by molar-refractivity contribution is -0.113. The number of nitrogens with one attached hydrogen (secondary N) is 1. The largest absolute Gasteiger partial charge is 0.485 e. The Morgan fingerprint density at radius 2 is 1.96 bits per heavy atom. The van der Waals surface area contributed by atoms with Crippen molar-refractivity contribution in [3.8, 4) is 17.6 Å². The van der Waals surface area contributed by atoms with Crippen LogP contribution in [0.5, 0.6) is 11.5 Å². The maximum Gasteiger partial charge on any atom is 0.277 e. The summed E-state index contributed by atoms with van der Waals surface area (Å²) < 4.78 is 17.0. The van der Waals surface area contributed by atoms with Crippen LogP contribution in [0.1, 0.15) is 17.6 Å². The average molecular weight is 394 g/mol. The van der Waals surface area contributed by atoms with Gasteiger partial charge in [0.15, 0.2) is 11.5 Å². The van der Waals surface area contributed by atoms with Gasteiger partial charge in [-0.1, -0.05) is 36.0 Å². The van der Waals surface area contributed by atoms with Crippen molar-refractivity contribution >= 4 is 23.4 Å². The van der Waals surface area contributed by atoms with E-state index in [2.05, 4.69) is 15.5 Å². The molecule has 0 saturated carbocycles. The van der Waals surface area contributed by atoms with Gasteiger partial charge in [0.2, 0.25) is 12.0 Å². The smallest absolute Gasteiger partial charge is 0.277 e. The van der Waals surface area contributed by atoms with Gasteiger partial charge < -0.3 is 19.2 Å². The van der Waals surface area contributed by atoms with Crippen LogP contribution in [-0.2, 0) is 4.79 Å². The third-order valence-electron chi connectivity index (χ3n) is 3.85. The zero-order valence-corrected chi connectivity index (χ0v) is 15.3. The highest BCUT2D eigenvalue weighted by atomic mass is 32.2. The van der Waals surface area contributed by atoms with Crippen molar-refractivity contribution in [1.29, 1.82) is 5.26 Å². The molecule has 2 heterocycles. The van der Waals surface area contributed by atoms with Crippen LogP contribution in [0.15, 0.2) is 58.2 Å². The standard InChI is InChI=1S/C19H14N4O4S/c20-9-12-5-1-2-6-13(12)21-17(24)11-28-19-23-22-18(27-19)16-10-25-14-7-3-4-8-15(14)26-16/h1-8,16H,10-11H2,(H,21,24)/t16-/m1/s1. The summed E-state index contributed by atoms with van der Waals surface area (Å²) in [5, 5.41) is 19.9. The van der Waals surface area contributed by atoms with Gasteiger partial charge in [-0.15, -0.1) is 10.2 Å². The molecule has 0 unspecified atom stereocenters. The predicted molar refractivity (Wildman–Crippen MR) is 100 cm³/mol. The molecule has 3 aromatic rings. The van der Waals surface area contributed by atoms with E-state index in [1.54, 1.807) is 30.3 Å². The monoisotopic (exact) mass is 394 g/mol. The molecule has 9 heteroatoms. The molecule has 1 aliphatic heterocycles. The summed E-state index contributed by atoms with van der Waals surface area (Å²) in [5.74, 6) is 1.35. The zero-order valence-electron chi connectivity index (χ0n) is 14.5. The molecule has 0 bridgehead atoms. The number of para-hydroxylation sites is 3. The van der Waals surface area contributed by atoms with Crippen LogP contribution in [0, 0.1) is 11.3 Å². The number of benzene rings is 2. The summed E-state index contributed by atoms with van der Waals surface area (Å²) in [5.41, 5.74) is 0.865. The molecular weight excluding hydrogens is 380 g/mol. The Kier molecular flexibility index (Phi) is 5.12. The van der Waals surface area contributed by atoms with Crippen LogP contribution in [-0.4, -0.2) is 28.5 Å². The van der Waals surface area contributed by atoms with Crippen LogP contribution in [0.25, 0.3) is 0 Å². The summed E-state index contributed by atoms with van der Waals surface area (Å²) in [4.78, 5) is 12.1. The quantitative estimate of drug-likeness (QED) is 0.657. The molecule has 1 aromatic heterocycles. The number of aromatic nitrogens is 2. The SMILES string of the molecule is N#Cc1ccccc1NC(=O)CSc1nnc([C@H]2COc3ccccc3O2)o1. The highest BCUT2D eigenvalue weighted by Crippen LogP contribution is 2.35. The van der Waals surface area contributed by atoms with Gasteiger partial charge in [-0.3, -0.25) is 4.79 Å². The normalized spacial score (nSPS) is 14.9. The summed E-state index contributed by atoms with van der Waals surface area (Å²) in [7, 11) is 0. The molecule has 1 amide bonds. The van der Waals surface area contributed by atoms with E-state index in [9.17, 15) is 4.79 Å². The van der Waals surface area contributed by atoms with Crippen LogP contribution in [0.3, 0.4) is 0 Å². The first-order chi connectivity index (χ1) is 13.7. The van der Waals surface area contributed by atoms with E-state index < -0.39 is 6.10 Å². The number of carbonyl (C=O) groups is 1. The first-order valence-corrected chi connectivity index (χ1v) is 9.35. The Morgan fingerprint density at radius 1 is 1.18 bits per heavy atom. The fourth-order valence-corrected chi connectivity index (χ4v) is 3.12. The summed E-state index contributed by atoms with van der Waals surface area (Å²) in [6, 6.07) is 16.2. The van der Waals surface area contributed by atoms with E-state index in [0.29, 0.717) is 22.7 Å². The number of nitrogens with zero attached hydrogens (tertiary/aromatic N) is 3. The van der Waals surface area contributed by atoms with Gasteiger partial charge in [0, 0.05) is 0 Å². The molecule has 0 radical (unpaired) electrons. The molecule has 8 nitrogen and oxygen atoms in total. The van der Waals surface area contributed by atoms with Crippen molar-refractivity contribution in [2.24, 2.45) is 0 Å². The lowest BCUT2D eigenvalue weighted by Crippen LogP contribution is -2.21. The van der Waals surface area contributed by atoms with E-state index >= 15 is 0 Å². The number of ether oxygens (including phenoxy) is 2. The van der Waals surface area contributed by atoms with Gasteiger partial charge in [-0.2, -0.15) is 5.26 Å². The van der Waals surface area contributed by atoms with Crippen molar-refractivity contribution in [1.82, 2.24) is 10.2 Å². The van der Waals surface area contributed by atoms with E-state index in [-0.39, 0.29) is 29.4 Å². The summed E-state index contributed by atoms with van der Waals surface area (Å²) >= 11 is 1.10. The van der Waals surface area contributed by atoms with Crippen molar-refractivity contribution in [2.45, 2.75) is 11.3 Å². The maximum absolute atomic E-state index is 12.1. The summed E-state index contributed by atoms with van der Waals surface area (Å²) in [6.45, 7) is 0.259. The number of hydrogen-bond acceptors (Lipinski definition) is 8. The van der Waals surface area contributed by atoms with E-state index in [1.807, 2.05) is 24.3 Å². The third-order valence-corrected chi connectivity index (χ3v) is 4.67. The average Bonchev–Trinajstić information content (AvgIpc) is 3.21. The Morgan fingerprint density at radius 3 is 2.82 bits per heavy atom.